The van der Waals surface area contributed by atoms with Crippen LogP contribution in [0.4, 0.5) is 28.9 Å². The molecule has 2 aromatic rings. The highest BCUT2D eigenvalue weighted by molar-refractivity contribution is 8.00. The lowest BCUT2D eigenvalue weighted by molar-refractivity contribution is -0.114. The van der Waals surface area contributed by atoms with E-state index in [9.17, 15) is 27.2 Å². The highest BCUT2D eigenvalue weighted by Gasteiger charge is 2.20. The molecule has 2 rings (SSSR count). The summed E-state index contributed by atoms with van der Waals surface area (Å²) in [7, 11) is 0. The first-order valence-corrected chi connectivity index (χ1v) is 7.89. The highest BCUT2D eigenvalue weighted by atomic mass is 32.2. The van der Waals surface area contributed by atoms with Crippen LogP contribution in [0.15, 0.2) is 35.2 Å². The molecule has 0 aromatic heterocycles. The molecule has 2 amide bonds. The van der Waals surface area contributed by atoms with E-state index < -0.39 is 34.9 Å². The smallest absolute Gasteiger partial charge is 0.234 e. The fourth-order valence-electron chi connectivity index (χ4n) is 1.85. The van der Waals surface area contributed by atoms with E-state index in [4.69, 9.17) is 0 Å². The molecule has 0 unspecified atom stereocenters. The zero-order valence-corrected chi connectivity index (χ0v) is 13.6. The van der Waals surface area contributed by atoms with E-state index in [1.54, 1.807) is 24.3 Å². The van der Waals surface area contributed by atoms with E-state index in [-0.39, 0.29) is 17.7 Å². The molecule has 0 saturated carbocycles. The maximum atomic E-state index is 13.5. The number of hydrogen-bond acceptors (Lipinski definition) is 3. The number of carbonyl (C=O) groups excluding carboxylic acids is 2. The molecule has 0 bridgehead atoms. The molecule has 0 heterocycles. The Morgan fingerprint density at radius 1 is 0.960 bits per heavy atom. The molecule has 0 atom stereocenters. The summed E-state index contributed by atoms with van der Waals surface area (Å²) in [5.74, 6) is -7.85. The second-order valence-corrected chi connectivity index (χ2v) is 5.93. The third-order valence-corrected chi connectivity index (χ3v) is 3.93. The van der Waals surface area contributed by atoms with Gasteiger partial charge in [-0.1, -0.05) is 0 Å². The van der Waals surface area contributed by atoms with Crippen LogP contribution in [0.3, 0.4) is 0 Å². The summed E-state index contributed by atoms with van der Waals surface area (Å²) >= 11 is 1.04. The Hall–Kier alpha value is -2.55. The predicted molar refractivity (Wildman–Crippen MR) is 86.4 cm³/mol. The van der Waals surface area contributed by atoms with E-state index in [1.165, 1.54) is 6.92 Å². The minimum Gasteiger partial charge on any atom is -0.326 e. The van der Waals surface area contributed by atoms with Crippen molar-refractivity contribution in [3.05, 3.63) is 53.6 Å². The topological polar surface area (TPSA) is 58.2 Å². The van der Waals surface area contributed by atoms with Crippen LogP contribution in [-0.2, 0) is 9.59 Å². The molecule has 25 heavy (non-hydrogen) atoms. The summed E-state index contributed by atoms with van der Waals surface area (Å²) in [6.45, 7) is 1.36. The second kappa shape index (κ2) is 8.02. The lowest BCUT2D eigenvalue weighted by atomic mass is 10.2. The molecule has 9 heteroatoms. The fraction of sp³-hybridized carbons (Fsp3) is 0.125. The van der Waals surface area contributed by atoms with Gasteiger partial charge in [0.2, 0.25) is 11.8 Å². The summed E-state index contributed by atoms with van der Waals surface area (Å²) in [4.78, 5) is 23.3. The van der Waals surface area contributed by atoms with E-state index >= 15 is 0 Å². The normalized spacial score (nSPS) is 10.4. The van der Waals surface area contributed by atoms with Crippen molar-refractivity contribution in [2.24, 2.45) is 0 Å². The van der Waals surface area contributed by atoms with Crippen LogP contribution in [0.25, 0.3) is 0 Å². The Labute approximate surface area is 144 Å². The maximum absolute atomic E-state index is 13.5. The number of benzene rings is 2. The largest absolute Gasteiger partial charge is 0.326 e. The number of thioether (sulfide) groups is 1. The van der Waals surface area contributed by atoms with Gasteiger partial charge in [-0.2, -0.15) is 0 Å². The molecule has 132 valence electrons. The van der Waals surface area contributed by atoms with Gasteiger partial charge in [-0.15, -0.1) is 11.8 Å². The van der Waals surface area contributed by atoms with E-state index in [0.29, 0.717) is 10.6 Å². The van der Waals surface area contributed by atoms with Crippen molar-refractivity contribution in [2.45, 2.75) is 11.8 Å². The molecule has 0 aliphatic heterocycles. The first-order chi connectivity index (χ1) is 11.8. The zero-order valence-electron chi connectivity index (χ0n) is 12.8. The third-order valence-electron chi connectivity index (χ3n) is 2.92. The average molecular weight is 372 g/mol. The number of halogens is 4. The van der Waals surface area contributed by atoms with Gasteiger partial charge in [0.25, 0.3) is 0 Å². The number of hydrogen-bond donors (Lipinski definition) is 2. The fourth-order valence-corrected chi connectivity index (χ4v) is 2.54. The molecule has 2 N–H and O–H groups in total. The molecule has 0 spiro atoms. The van der Waals surface area contributed by atoms with Crippen LogP contribution in [0, 0.1) is 23.3 Å². The quantitative estimate of drug-likeness (QED) is 0.475. The number of amides is 2. The minimum absolute atomic E-state index is 0.0612. The van der Waals surface area contributed by atoms with Gasteiger partial charge in [-0.05, 0) is 24.3 Å². The molecule has 0 saturated heterocycles. The van der Waals surface area contributed by atoms with Crippen LogP contribution in [-0.4, -0.2) is 17.6 Å². The molecule has 0 fully saturated rings. The molecule has 0 radical (unpaired) electrons. The lowest BCUT2D eigenvalue weighted by Crippen LogP contribution is -2.17. The maximum Gasteiger partial charge on any atom is 0.234 e. The van der Waals surface area contributed by atoms with Crippen LogP contribution in [0.1, 0.15) is 6.92 Å². The Balaban J connectivity index is 1.99. The number of anilines is 2. The van der Waals surface area contributed by atoms with Crippen molar-refractivity contribution < 1.29 is 27.2 Å². The SMILES string of the molecule is CC(=O)Nc1ccc(SCC(=O)Nc2c(F)c(F)cc(F)c2F)cc1. The van der Waals surface area contributed by atoms with Gasteiger partial charge in [-0.3, -0.25) is 9.59 Å². The van der Waals surface area contributed by atoms with Gasteiger partial charge >= 0.3 is 0 Å². The van der Waals surface area contributed by atoms with Gasteiger partial charge in [0.05, 0.1) is 5.75 Å². The van der Waals surface area contributed by atoms with Crippen molar-refractivity contribution in [3.63, 3.8) is 0 Å². The van der Waals surface area contributed by atoms with E-state index in [0.717, 1.165) is 11.8 Å². The second-order valence-electron chi connectivity index (χ2n) is 4.89. The summed E-state index contributed by atoms with van der Waals surface area (Å²) < 4.78 is 53.1. The zero-order chi connectivity index (χ0) is 18.6. The first kappa shape index (κ1) is 18.8. The molecule has 2 aromatic carbocycles. The van der Waals surface area contributed by atoms with Crippen LogP contribution >= 0.6 is 11.8 Å². The molecule has 0 aliphatic rings. The van der Waals surface area contributed by atoms with Gasteiger partial charge in [0.15, 0.2) is 23.3 Å². The van der Waals surface area contributed by atoms with Gasteiger partial charge in [-0.25, -0.2) is 17.6 Å². The Bertz CT molecular complexity index is 787. The molecular formula is C16H12F4N2O2S. The van der Waals surface area contributed by atoms with Crippen molar-refractivity contribution in [2.75, 3.05) is 16.4 Å². The first-order valence-electron chi connectivity index (χ1n) is 6.91. The molecule has 4 nitrogen and oxygen atoms in total. The van der Waals surface area contributed by atoms with Crippen molar-refractivity contribution >= 4 is 35.0 Å². The number of rotatable bonds is 5. The number of carbonyl (C=O) groups is 2. The van der Waals surface area contributed by atoms with E-state index in [1.807, 2.05) is 5.32 Å². The Kier molecular flexibility index (Phi) is 6.02. The van der Waals surface area contributed by atoms with Crippen molar-refractivity contribution in [1.82, 2.24) is 0 Å². The number of nitrogens with one attached hydrogen (secondary N) is 2. The monoisotopic (exact) mass is 372 g/mol. The Morgan fingerprint density at radius 3 is 2.04 bits per heavy atom. The Morgan fingerprint density at radius 2 is 1.52 bits per heavy atom. The van der Waals surface area contributed by atoms with Crippen LogP contribution in [0.2, 0.25) is 0 Å². The van der Waals surface area contributed by atoms with Gasteiger partial charge in [0, 0.05) is 23.6 Å². The summed E-state index contributed by atoms with van der Waals surface area (Å²) in [6, 6.07) is 6.55. The predicted octanol–water partition coefficient (Wildman–Crippen LogP) is 3.93. The average Bonchev–Trinajstić information content (AvgIpc) is 2.56. The van der Waals surface area contributed by atoms with E-state index in [2.05, 4.69) is 5.32 Å². The van der Waals surface area contributed by atoms with Gasteiger partial charge in [0.1, 0.15) is 5.69 Å². The summed E-state index contributed by atoms with van der Waals surface area (Å²) in [5, 5.41) is 4.39. The minimum atomic E-state index is -1.67. The molecule has 0 aliphatic carbocycles. The van der Waals surface area contributed by atoms with Crippen LogP contribution in [0.5, 0.6) is 0 Å². The standard InChI is InChI=1S/C16H12F4N2O2S/c1-8(23)21-9-2-4-10(5-3-9)25-7-13(24)22-16-14(19)11(17)6-12(18)15(16)20/h2-6H,7H2,1H3,(H,21,23)(H,22,24). The molecular weight excluding hydrogens is 360 g/mol. The summed E-state index contributed by atoms with van der Waals surface area (Å²) in [5.41, 5.74) is -0.593. The lowest BCUT2D eigenvalue weighted by Gasteiger charge is -2.09. The third kappa shape index (κ3) is 4.96. The van der Waals surface area contributed by atoms with Crippen molar-refractivity contribution in [3.8, 4) is 0 Å². The van der Waals surface area contributed by atoms with Crippen LogP contribution < -0.4 is 10.6 Å². The highest BCUT2D eigenvalue weighted by Crippen LogP contribution is 2.25. The summed E-state index contributed by atoms with van der Waals surface area (Å²) in [6.07, 6.45) is 0. The van der Waals surface area contributed by atoms with Gasteiger partial charge < -0.3 is 10.6 Å². The van der Waals surface area contributed by atoms with Crippen molar-refractivity contribution in [1.29, 1.82) is 0 Å².